The first-order valence-corrected chi connectivity index (χ1v) is 30.9. The molecule has 0 bridgehead atoms. The van der Waals surface area contributed by atoms with Crippen LogP contribution in [0.15, 0.2) is 165 Å². The summed E-state index contributed by atoms with van der Waals surface area (Å²) in [6, 6.07) is 34.5. The molecule has 0 saturated heterocycles. The fourth-order valence-electron chi connectivity index (χ4n) is 10.5. The Kier molecular flexibility index (Phi) is 20.5. The van der Waals surface area contributed by atoms with Gasteiger partial charge in [-0.05, 0) is 99.8 Å². The number of carbonyl (C=O) groups is 1. The minimum absolute atomic E-state index is 0.115. The third-order valence-electron chi connectivity index (χ3n) is 15.7. The number of fused-ring (bicyclic) bond motifs is 3. The van der Waals surface area contributed by atoms with Crippen LogP contribution in [-0.2, 0) is 18.9 Å². The number of halogens is 1. The van der Waals surface area contributed by atoms with Crippen molar-refractivity contribution in [3.8, 4) is 62.5 Å². The van der Waals surface area contributed by atoms with E-state index in [9.17, 15) is 9.18 Å². The molecule has 0 spiro atoms. The highest BCUT2D eigenvalue weighted by Gasteiger charge is 2.27. The lowest BCUT2D eigenvalue weighted by atomic mass is 10.1. The molecule has 12 aromatic rings. The third-order valence-corrected chi connectivity index (χ3v) is 15.7. The van der Waals surface area contributed by atoms with Crippen molar-refractivity contribution in [1.29, 1.82) is 0 Å². The molecule has 1 saturated carbocycles. The summed E-state index contributed by atoms with van der Waals surface area (Å²) in [5.74, 6) is 3.81. The van der Waals surface area contributed by atoms with Crippen LogP contribution >= 0.6 is 0 Å². The second-order valence-electron chi connectivity index (χ2n) is 22.6. The summed E-state index contributed by atoms with van der Waals surface area (Å²) in [5.41, 5.74) is 15.3. The zero-order chi connectivity index (χ0) is 65.7. The SMILES string of the molecule is CCCOc1cc(OC)cc(N(CCNC)c2ccc3ncc(-c4cnn(C)c4)nc3c2)c1.COc1cc(F)cc(N(CC2CC2)c2ccc3ncc(-c4cn[nH]c4)nc3c2)c1.COc1cc(OC)cc(N(CCC(C)=O)c2ccc3ncc(-c4cnn(C)c4)nc3c2)c1. The van der Waals surface area contributed by atoms with E-state index in [0.29, 0.717) is 42.7 Å². The van der Waals surface area contributed by atoms with Gasteiger partial charge in [0.15, 0.2) is 0 Å². The van der Waals surface area contributed by atoms with Crippen LogP contribution in [0.5, 0.6) is 28.7 Å². The molecule has 6 aromatic heterocycles. The number of ether oxygens (including phenoxy) is 5. The number of aromatic nitrogens is 12. The minimum atomic E-state index is -0.317. The van der Waals surface area contributed by atoms with Gasteiger partial charge in [0.2, 0.25) is 0 Å². The maximum absolute atomic E-state index is 14.2. The normalized spacial score (nSPS) is 11.8. The molecule has 22 nitrogen and oxygen atoms in total. The van der Waals surface area contributed by atoms with Gasteiger partial charge in [-0.1, -0.05) is 6.92 Å². The third kappa shape index (κ3) is 16.0. The van der Waals surface area contributed by atoms with E-state index < -0.39 is 0 Å². The van der Waals surface area contributed by atoms with Crippen LogP contribution in [0.4, 0.5) is 38.5 Å². The van der Waals surface area contributed by atoms with Gasteiger partial charge in [0, 0.05) is 165 Å². The Morgan fingerprint density at radius 3 is 1.45 bits per heavy atom. The van der Waals surface area contributed by atoms with E-state index in [2.05, 4.69) is 80.5 Å². The molecular weight excluding hydrogens is 1190 g/mol. The van der Waals surface area contributed by atoms with Crippen molar-refractivity contribution in [2.75, 3.05) is 83.0 Å². The number of anilines is 6. The molecular formula is C71H75FN16O6. The topological polar surface area (TPSA) is 227 Å². The summed E-state index contributed by atoms with van der Waals surface area (Å²) in [7, 11) is 12.2. The number of nitrogens with one attached hydrogen (secondary N) is 2. The lowest BCUT2D eigenvalue weighted by molar-refractivity contribution is -0.116. The molecule has 0 radical (unpaired) electrons. The number of benzene rings is 6. The van der Waals surface area contributed by atoms with Crippen molar-refractivity contribution in [2.45, 2.75) is 39.5 Å². The first-order chi connectivity index (χ1) is 45.8. The number of carbonyl (C=O) groups excluding carboxylic acids is 1. The van der Waals surface area contributed by atoms with Gasteiger partial charge in [0.25, 0.3) is 0 Å². The van der Waals surface area contributed by atoms with Gasteiger partial charge in [0.05, 0.1) is 122 Å². The van der Waals surface area contributed by atoms with E-state index in [1.165, 1.54) is 18.9 Å². The highest BCUT2D eigenvalue weighted by Crippen LogP contribution is 2.39. The number of aromatic amines is 1. The molecule has 482 valence electrons. The summed E-state index contributed by atoms with van der Waals surface area (Å²) in [5, 5.41) is 18.5. The Bertz CT molecular complexity index is 4540. The fourth-order valence-corrected chi connectivity index (χ4v) is 10.5. The van der Waals surface area contributed by atoms with Crippen molar-refractivity contribution in [3.05, 3.63) is 171 Å². The molecule has 0 unspecified atom stereocenters. The highest BCUT2D eigenvalue weighted by molar-refractivity contribution is 5.86. The molecule has 1 aliphatic rings. The first-order valence-electron chi connectivity index (χ1n) is 30.9. The van der Waals surface area contributed by atoms with E-state index in [0.717, 1.165) is 139 Å². The molecule has 0 atom stereocenters. The number of hydrogen-bond acceptors (Lipinski definition) is 19. The van der Waals surface area contributed by atoms with Gasteiger partial charge in [-0.2, -0.15) is 15.3 Å². The number of nitrogens with zero attached hydrogens (tertiary/aromatic N) is 14. The maximum Gasteiger partial charge on any atom is 0.131 e. The fraction of sp³-hybridized carbons (Fsp3) is 0.268. The van der Waals surface area contributed by atoms with Gasteiger partial charge >= 0.3 is 0 Å². The Morgan fingerprint density at radius 1 is 0.553 bits per heavy atom. The van der Waals surface area contributed by atoms with E-state index in [1.807, 2.05) is 112 Å². The summed E-state index contributed by atoms with van der Waals surface area (Å²) in [4.78, 5) is 46.3. The van der Waals surface area contributed by atoms with Crippen LogP contribution in [-0.4, -0.2) is 134 Å². The Morgan fingerprint density at radius 2 is 1.01 bits per heavy atom. The number of H-pyrrole nitrogens is 1. The van der Waals surface area contributed by atoms with E-state index in [4.69, 9.17) is 38.6 Å². The molecule has 6 aromatic carbocycles. The van der Waals surface area contributed by atoms with Crippen LogP contribution < -0.4 is 43.7 Å². The zero-order valence-electron chi connectivity index (χ0n) is 54.1. The van der Waals surface area contributed by atoms with Crippen molar-refractivity contribution >= 4 is 73.0 Å². The molecule has 1 aliphatic carbocycles. The van der Waals surface area contributed by atoms with Crippen molar-refractivity contribution in [1.82, 2.24) is 65.0 Å². The van der Waals surface area contributed by atoms with Crippen LogP contribution in [0.3, 0.4) is 0 Å². The maximum atomic E-state index is 14.2. The summed E-state index contributed by atoms with van der Waals surface area (Å²) < 4.78 is 45.3. The molecule has 1 fully saturated rings. The van der Waals surface area contributed by atoms with Crippen LogP contribution in [0, 0.1) is 11.7 Å². The molecule has 2 N–H and O–H groups in total. The monoisotopic (exact) mass is 1270 g/mol. The van der Waals surface area contributed by atoms with Crippen LogP contribution in [0.25, 0.3) is 66.9 Å². The molecule has 94 heavy (non-hydrogen) atoms. The Balaban J connectivity index is 0.000000144. The van der Waals surface area contributed by atoms with Crippen molar-refractivity contribution < 1.29 is 32.9 Å². The molecule has 23 heteroatoms. The van der Waals surface area contributed by atoms with Gasteiger partial charge in [-0.15, -0.1) is 0 Å². The number of hydrogen-bond donors (Lipinski definition) is 2. The number of methoxy groups -OCH3 is 4. The number of aryl methyl sites for hydroxylation is 2. The number of ketones is 1. The van der Waals surface area contributed by atoms with Gasteiger partial charge in [-0.25, -0.2) is 19.3 Å². The van der Waals surface area contributed by atoms with E-state index in [1.54, 1.807) is 94.2 Å². The number of Topliss-reactive ketones (excluding diaryl/α,β-unsaturated/α-hetero) is 1. The predicted octanol–water partition coefficient (Wildman–Crippen LogP) is 13.1. The molecule has 13 rings (SSSR count). The largest absolute Gasteiger partial charge is 0.497 e. The van der Waals surface area contributed by atoms with E-state index >= 15 is 0 Å². The molecule has 6 heterocycles. The van der Waals surface area contributed by atoms with Crippen LogP contribution in [0.1, 0.15) is 39.5 Å². The van der Waals surface area contributed by atoms with Crippen molar-refractivity contribution in [2.24, 2.45) is 20.0 Å². The average molecular weight is 1270 g/mol. The van der Waals surface area contributed by atoms with Crippen LogP contribution in [0.2, 0.25) is 0 Å². The number of rotatable bonds is 24. The zero-order valence-corrected chi connectivity index (χ0v) is 54.1. The molecule has 0 amide bonds. The lowest BCUT2D eigenvalue weighted by Crippen LogP contribution is -2.27. The average Bonchev–Trinajstić information content (AvgIpc) is 1.14. The number of likely N-dealkylation sites (N-methyl/N-ethyl adjacent to an activating group) is 1. The highest BCUT2D eigenvalue weighted by atomic mass is 19.1. The van der Waals surface area contributed by atoms with Crippen molar-refractivity contribution in [3.63, 3.8) is 0 Å². The summed E-state index contributed by atoms with van der Waals surface area (Å²) in [6.45, 7) is 7.25. The van der Waals surface area contributed by atoms with Gasteiger partial charge in [-0.3, -0.25) is 34.2 Å². The minimum Gasteiger partial charge on any atom is -0.497 e. The van der Waals surface area contributed by atoms with Gasteiger partial charge in [0.1, 0.15) is 40.3 Å². The molecule has 0 aliphatic heterocycles. The second kappa shape index (κ2) is 29.9. The quantitative estimate of drug-likeness (QED) is 0.0573. The Labute approximate surface area is 544 Å². The first kappa shape index (κ1) is 64.5. The predicted molar refractivity (Wildman–Crippen MR) is 365 cm³/mol. The summed E-state index contributed by atoms with van der Waals surface area (Å²) in [6.07, 6.45) is 19.9. The summed E-state index contributed by atoms with van der Waals surface area (Å²) >= 11 is 0. The lowest BCUT2D eigenvalue weighted by Gasteiger charge is -2.26. The standard InChI is InChI=1S/C25H30N6O2.C24H25N5O3.C22H20FN5O/c1-5-10-33-22-12-20(11-21(14-22)32-4)31(9-8-26-2)19-6-7-23-24(13-19)29-25(16-27-23)18-15-28-30(3)17-18;1-16(30)7-8-29(19-9-20(31-3)12-21(10-19)32-4)18-5-6-22-23(11-18)27-24(14-25-22)17-13-26-28(2)15-17;1-29-19-7-16(23)6-18(8-19)28(13-14-2-3-14)17-4-5-20-21(9-17)27-22(12-24-20)15-10-25-26-11-15/h6-7,11-17,26H,5,8-10H2,1-4H3;5-6,9-15H,7-8H2,1-4H3;4-12,14H,2-3,13H2,1H3,(H,25,26). The second-order valence-corrected chi connectivity index (χ2v) is 22.6. The smallest absolute Gasteiger partial charge is 0.131 e. The Hall–Kier alpha value is -11.1. The van der Waals surface area contributed by atoms with E-state index in [-0.39, 0.29) is 11.6 Å². The van der Waals surface area contributed by atoms with Gasteiger partial charge < -0.3 is 43.7 Å².